The lowest BCUT2D eigenvalue weighted by Crippen LogP contribution is -1.75. The largest absolute Gasteiger partial charge is 0.341 e. The Bertz CT molecular complexity index is 344. The van der Waals surface area contributed by atoms with Gasteiger partial charge in [0.05, 0.1) is 23.1 Å². The van der Waals surface area contributed by atoms with Crippen LogP contribution in [0.1, 0.15) is 5.82 Å². The van der Waals surface area contributed by atoms with Crippen LogP contribution in [0.5, 0.6) is 0 Å². The lowest BCUT2D eigenvalue weighted by Gasteiger charge is -1.85. The highest BCUT2D eigenvalue weighted by molar-refractivity contribution is 7.07. The molecule has 0 spiro atoms. The second kappa shape index (κ2) is 5.21. The van der Waals surface area contributed by atoms with Gasteiger partial charge in [-0.25, -0.2) is 9.97 Å². The zero-order valence-electron chi connectivity index (χ0n) is 6.85. The van der Waals surface area contributed by atoms with Crippen molar-refractivity contribution < 1.29 is 0 Å². The van der Waals surface area contributed by atoms with Crippen molar-refractivity contribution in [1.82, 2.24) is 15.0 Å². The van der Waals surface area contributed by atoms with Crippen molar-refractivity contribution in [3.05, 3.63) is 22.9 Å². The van der Waals surface area contributed by atoms with E-state index >= 15 is 0 Å². The molecule has 0 saturated heterocycles. The highest BCUT2D eigenvalue weighted by Crippen LogP contribution is 2.15. The lowest BCUT2D eigenvalue weighted by molar-refractivity contribution is 1.15. The molecule has 0 fully saturated rings. The van der Waals surface area contributed by atoms with Crippen LogP contribution in [-0.2, 0) is 0 Å². The van der Waals surface area contributed by atoms with Crippen molar-refractivity contribution in [2.24, 2.45) is 0 Å². The van der Waals surface area contributed by atoms with E-state index < -0.39 is 0 Å². The molecule has 0 bridgehead atoms. The van der Waals surface area contributed by atoms with Crippen molar-refractivity contribution in [3.63, 3.8) is 0 Å². The summed E-state index contributed by atoms with van der Waals surface area (Å²) in [5.41, 5.74) is 3.77. The van der Waals surface area contributed by atoms with Gasteiger partial charge in [0.1, 0.15) is 5.82 Å². The van der Waals surface area contributed by atoms with Crippen molar-refractivity contribution in [2.75, 3.05) is 0 Å². The lowest BCUT2D eigenvalue weighted by atomic mass is 10.4. The van der Waals surface area contributed by atoms with E-state index in [4.69, 9.17) is 0 Å². The first-order valence-electron chi connectivity index (χ1n) is 3.26. The minimum absolute atomic E-state index is 0. The smallest absolute Gasteiger partial charge is 0.103 e. The van der Waals surface area contributed by atoms with Gasteiger partial charge < -0.3 is 4.98 Å². The summed E-state index contributed by atoms with van der Waals surface area (Å²) in [5.74, 6) is 0.924. The summed E-state index contributed by atoms with van der Waals surface area (Å²) in [4.78, 5) is 11.3. The molecule has 0 aliphatic rings. The van der Waals surface area contributed by atoms with Gasteiger partial charge in [-0.3, -0.25) is 0 Å². The van der Waals surface area contributed by atoms with Crippen LogP contribution in [0.25, 0.3) is 11.4 Å². The molecule has 0 aliphatic heterocycles. The number of aromatic amines is 1. The quantitative estimate of drug-likeness (QED) is 0.829. The minimum atomic E-state index is 0. The van der Waals surface area contributed by atoms with Gasteiger partial charge in [0.25, 0.3) is 0 Å². The fraction of sp³-hybridized carbons (Fsp3) is 0.143. The fourth-order valence-electron chi connectivity index (χ4n) is 0.897. The van der Waals surface area contributed by atoms with E-state index in [-0.39, 0.29) is 24.8 Å². The molecule has 13 heavy (non-hydrogen) atoms. The second-order valence-electron chi connectivity index (χ2n) is 2.26. The van der Waals surface area contributed by atoms with E-state index in [1.807, 2.05) is 17.8 Å². The number of imidazole rings is 1. The summed E-state index contributed by atoms with van der Waals surface area (Å²) in [7, 11) is 0. The zero-order valence-corrected chi connectivity index (χ0v) is 9.30. The average Bonchev–Trinajstić information content (AvgIpc) is 2.55. The first kappa shape index (κ1) is 12.4. The molecule has 2 heterocycles. The van der Waals surface area contributed by atoms with Crippen LogP contribution in [-0.4, -0.2) is 15.0 Å². The van der Waals surface area contributed by atoms with Crippen LogP contribution < -0.4 is 0 Å². The van der Waals surface area contributed by atoms with Crippen molar-refractivity contribution in [1.29, 1.82) is 0 Å². The normalized spacial score (nSPS) is 8.69. The van der Waals surface area contributed by atoms with Gasteiger partial charge >= 0.3 is 0 Å². The summed E-state index contributed by atoms with van der Waals surface area (Å²) in [5, 5.41) is 1.99. The molecule has 0 aromatic carbocycles. The van der Waals surface area contributed by atoms with Gasteiger partial charge in [-0.2, -0.15) is 0 Å². The molecule has 72 valence electrons. The third-order valence-electron chi connectivity index (χ3n) is 1.41. The molecule has 0 amide bonds. The third kappa shape index (κ3) is 2.69. The zero-order chi connectivity index (χ0) is 7.68. The Morgan fingerprint density at radius 3 is 2.54 bits per heavy atom. The molecular formula is C7H9Cl2N3S. The van der Waals surface area contributed by atoms with Gasteiger partial charge in [-0.1, -0.05) is 0 Å². The maximum Gasteiger partial charge on any atom is 0.103 e. The van der Waals surface area contributed by atoms with E-state index in [1.54, 1.807) is 17.5 Å². The Morgan fingerprint density at radius 1 is 1.31 bits per heavy atom. The molecule has 2 rings (SSSR count). The Balaban J connectivity index is 0.000000720. The standard InChI is InChI=1S/C7H7N3S.2ClH/c1-5-8-2-6(10-5)7-3-11-4-9-7;;/h2-4H,1H3,(H,8,10);2*1H. The summed E-state index contributed by atoms with van der Waals surface area (Å²) in [6, 6.07) is 0. The molecule has 1 N–H and O–H groups in total. The summed E-state index contributed by atoms with van der Waals surface area (Å²) < 4.78 is 0. The molecule has 6 heteroatoms. The molecule has 0 unspecified atom stereocenters. The number of aryl methyl sites for hydroxylation is 1. The SMILES string of the molecule is Cc1ncc(-c2cscn2)[nH]1.Cl.Cl. The number of hydrogen-bond donors (Lipinski definition) is 1. The topological polar surface area (TPSA) is 41.6 Å². The van der Waals surface area contributed by atoms with Crippen LogP contribution in [0.4, 0.5) is 0 Å². The number of hydrogen-bond acceptors (Lipinski definition) is 3. The fourth-order valence-corrected chi connectivity index (χ4v) is 1.45. The first-order chi connectivity index (χ1) is 5.36. The highest BCUT2D eigenvalue weighted by atomic mass is 35.5. The van der Waals surface area contributed by atoms with Gasteiger partial charge in [0.2, 0.25) is 0 Å². The van der Waals surface area contributed by atoms with Gasteiger partial charge in [0, 0.05) is 5.38 Å². The molecule has 3 nitrogen and oxygen atoms in total. The van der Waals surface area contributed by atoms with Crippen molar-refractivity contribution in [3.8, 4) is 11.4 Å². The average molecular weight is 238 g/mol. The predicted molar refractivity (Wildman–Crippen MR) is 58.9 cm³/mol. The van der Waals surface area contributed by atoms with Crippen LogP contribution in [0, 0.1) is 6.92 Å². The van der Waals surface area contributed by atoms with E-state index in [1.165, 1.54) is 0 Å². The van der Waals surface area contributed by atoms with E-state index in [2.05, 4.69) is 15.0 Å². The Kier molecular flexibility index (Phi) is 4.98. The second-order valence-corrected chi connectivity index (χ2v) is 2.97. The molecule has 2 aromatic rings. The minimum Gasteiger partial charge on any atom is -0.341 e. The van der Waals surface area contributed by atoms with Crippen molar-refractivity contribution in [2.45, 2.75) is 6.92 Å². The number of halogens is 2. The number of aromatic nitrogens is 3. The maximum absolute atomic E-state index is 4.15. The summed E-state index contributed by atoms with van der Waals surface area (Å²) >= 11 is 1.58. The molecule has 0 aliphatic carbocycles. The van der Waals surface area contributed by atoms with Crippen LogP contribution in [0.3, 0.4) is 0 Å². The molecule has 2 aromatic heterocycles. The monoisotopic (exact) mass is 237 g/mol. The van der Waals surface area contributed by atoms with Gasteiger partial charge in [-0.15, -0.1) is 36.2 Å². The van der Waals surface area contributed by atoms with Crippen molar-refractivity contribution >= 4 is 36.2 Å². The van der Waals surface area contributed by atoms with Crippen LogP contribution in [0.15, 0.2) is 17.1 Å². The van der Waals surface area contributed by atoms with E-state index in [9.17, 15) is 0 Å². The summed E-state index contributed by atoms with van der Waals surface area (Å²) in [6.45, 7) is 1.93. The molecule has 0 radical (unpaired) electrons. The number of rotatable bonds is 1. The van der Waals surface area contributed by atoms with E-state index in [0.29, 0.717) is 0 Å². The Hall–Kier alpha value is -0.580. The number of nitrogens with one attached hydrogen (secondary N) is 1. The summed E-state index contributed by atoms with van der Waals surface area (Å²) in [6.07, 6.45) is 1.80. The van der Waals surface area contributed by atoms with Gasteiger partial charge in [-0.05, 0) is 6.92 Å². The van der Waals surface area contributed by atoms with E-state index in [0.717, 1.165) is 17.2 Å². The number of nitrogens with zero attached hydrogens (tertiary/aromatic N) is 2. The Morgan fingerprint density at radius 2 is 2.08 bits per heavy atom. The van der Waals surface area contributed by atoms with Crippen LogP contribution >= 0.6 is 36.2 Å². The number of H-pyrrole nitrogens is 1. The van der Waals surface area contributed by atoms with Gasteiger partial charge in [0.15, 0.2) is 0 Å². The Labute approximate surface area is 92.4 Å². The molecule has 0 atom stereocenters. The maximum atomic E-state index is 4.15. The molecule has 0 saturated carbocycles. The third-order valence-corrected chi connectivity index (χ3v) is 2.00. The highest BCUT2D eigenvalue weighted by Gasteiger charge is 2.00. The molecular weight excluding hydrogens is 229 g/mol. The number of thiazole rings is 1. The van der Waals surface area contributed by atoms with Crippen LogP contribution in [0.2, 0.25) is 0 Å². The predicted octanol–water partition coefficient (Wildman–Crippen LogP) is 2.69. The first-order valence-corrected chi connectivity index (χ1v) is 4.21.